The van der Waals surface area contributed by atoms with Crippen LogP contribution in [0.3, 0.4) is 0 Å². The van der Waals surface area contributed by atoms with E-state index in [1.165, 1.54) is 4.57 Å². The molecule has 0 unspecified atom stereocenters. The van der Waals surface area contributed by atoms with E-state index in [1.807, 2.05) is 61.5 Å². The largest absolute Gasteiger partial charge is 0.325 e. The highest BCUT2D eigenvalue weighted by atomic mass is 16.2. The molecule has 0 saturated heterocycles. The van der Waals surface area contributed by atoms with Crippen molar-refractivity contribution in [1.29, 1.82) is 0 Å². The fraction of sp³-hybridized carbons (Fsp3) is 0.0952. The summed E-state index contributed by atoms with van der Waals surface area (Å²) in [6.45, 7) is 1.92. The lowest BCUT2D eigenvalue weighted by Crippen LogP contribution is -2.28. The highest BCUT2D eigenvalue weighted by Crippen LogP contribution is 2.17. The van der Waals surface area contributed by atoms with Crippen LogP contribution in [-0.4, -0.2) is 20.1 Å². The van der Waals surface area contributed by atoms with Gasteiger partial charge in [0, 0.05) is 23.6 Å². The van der Waals surface area contributed by atoms with E-state index in [0.717, 1.165) is 16.8 Å². The second-order valence-electron chi connectivity index (χ2n) is 6.37. The number of hydrogen-bond acceptors (Lipinski definition) is 3. The van der Waals surface area contributed by atoms with Crippen molar-refractivity contribution in [2.75, 3.05) is 5.32 Å². The second-order valence-corrected chi connectivity index (χ2v) is 6.37. The quantitative estimate of drug-likeness (QED) is 0.609. The first-order chi connectivity index (χ1) is 13.1. The zero-order valence-corrected chi connectivity index (χ0v) is 14.8. The van der Waals surface area contributed by atoms with E-state index in [9.17, 15) is 9.59 Å². The number of benzene rings is 2. The molecule has 1 amide bonds. The number of rotatable bonds is 4. The van der Waals surface area contributed by atoms with Crippen LogP contribution in [0.25, 0.3) is 16.8 Å². The SMILES string of the molecule is Cc1ccc(NC(=O)Cn2ccn3nc(-c4ccccc4)cc3c2=O)cc1. The number of nitrogens with zero attached hydrogens (tertiary/aromatic N) is 3. The van der Waals surface area contributed by atoms with Crippen LogP contribution in [0, 0.1) is 6.92 Å². The lowest BCUT2D eigenvalue weighted by Gasteiger charge is -2.08. The molecule has 0 atom stereocenters. The predicted molar refractivity (Wildman–Crippen MR) is 105 cm³/mol. The van der Waals surface area contributed by atoms with E-state index in [-0.39, 0.29) is 18.0 Å². The van der Waals surface area contributed by atoms with Crippen LogP contribution in [0.15, 0.2) is 77.9 Å². The van der Waals surface area contributed by atoms with E-state index in [1.54, 1.807) is 23.0 Å². The fourth-order valence-electron chi connectivity index (χ4n) is 2.89. The van der Waals surface area contributed by atoms with E-state index >= 15 is 0 Å². The average Bonchev–Trinajstić information content (AvgIpc) is 3.12. The van der Waals surface area contributed by atoms with Gasteiger partial charge in [0.05, 0.1) is 5.69 Å². The number of nitrogens with one attached hydrogen (secondary N) is 1. The molecule has 6 nitrogen and oxygen atoms in total. The van der Waals surface area contributed by atoms with Gasteiger partial charge >= 0.3 is 0 Å². The van der Waals surface area contributed by atoms with Gasteiger partial charge in [0.1, 0.15) is 12.1 Å². The molecule has 2 aromatic carbocycles. The molecule has 0 radical (unpaired) electrons. The average molecular weight is 358 g/mol. The number of amides is 1. The maximum atomic E-state index is 12.7. The molecule has 134 valence electrons. The van der Waals surface area contributed by atoms with Gasteiger partial charge < -0.3 is 9.88 Å². The van der Waals surface area contributed by atoms with Crippen molar-refractivity contribution in [3.05, 3.63) is 89.0 Å². The summed E-state index contributed by atoms with van der Waals surface area (Å²) in [5.74, 6) is -0.256. The number of anilines is 1. The van der Waals surface area contributed by atoms with Crippen LogP contribution in [0.4, 0.5) is 5.69 Å². The molecule has 27 heavy (non-hydrogen) atoms. The Balaban J connectivity index is 1.59. The summed E-state index contributed by atoms with van der Waals surface area (Å²) in [4.78, 5) is 25.0. The summed E-state index contributed by atoms with van der Waals surface area (Å²) in [6.07, 6.45) is 3.26. The Morgan fingerprint density at radius 1 is 1.04 bits per heavy atom. The van der Waals surface area contributed by atoms with Crippen LogP contribution in [0.1, 0.15) is 5.56 Å². The molecule has 0 aliphatic rings. The molecule has 4 aromatic rings. The molecule has 0 saturated carbocycles. The van der Waals surface area contributed by atoms with Crippen LogP contribution in [0.2, 0.25) is 0 Å². The van der Waals surface area contributed by atoms with Crippen molar-refractivity contribution in [1.82, 2.24) is 14.2 Å². The van der Waals surface area contributed by atoms with Crippen molar-refractivity contribution in [3.8, 4) is 11.3 Å². The van der Waals surface area contributed by atoms with Crippen LogP contribution >= 0.6 is 0 Å². The van der Waals surface area contributed by atoms with Crippen LogP contribution in [-0.2, 0) is 11.3 Å². The van der Waals surface area contributed by atoms with E-state index in [2.05, 4.69) is 10.4 Å². The third-order valence-corrected chi connectivity index (χ3v) is 4.32. The number of aromatic nitrogens is 3. The highest BCUT2D eigenvalue weighted by Gasteiger charge is 2.11. The minimum absolute atomic E-state index is 0.0605. The maximum Gasteiger partial charge on any atom is 0.277 e. The summed E-state index contributed by atoms with van der Waals surface area (Å²) < 4.78 is 2.92. The number of carbonyl (C=O) groups is 1. The van der Waals surface area contributed by atoms with Gasteiger partial charge in [-0.2, -0.15) is 5.10 Å². The topological polar surface area (TPSA) is 68.4 Å². The highest BCUT2D eigenvalue weighted by molar-refractivity contribution is 5.90. The standard InChI is InChI=1S/C21H18N4O2/c1-15-7-9-17(10-8-15)22-20(26)14-24-11-12-25-19(21(24)27)13-18(23-25)16-5-3-2-4-6-16/h2-13H,14H2,1H3,(H,22,26). The summed E-state index contributed by atoms with van der Waals surface area (Å²) in [5.41, 5.74) is 3.64. The monoisotopic (exact) mass is 358 g/mol. The van der Waals surface area contributed by atoms with Gasteiger partial charge in [0.2, 0.25) is 5.91 Å². The van der Waals surface area contributed by atoms with E-state index in [0.29, 0.717) is 11.2 Å². The maximum absolute atomic E-state index is 12.7. The second kappa shape index (κ2) is 6.92. The summed E-state index contributed by atoms with van der Waals surface area (Å²) in [5, 5.41) is 7.25. The Labute approximate surface area is 155 Å². The molecule has 0 fully saturated rings. The van der Waals surface area contributed by atoms with E-state index < -0.39 is 0 Å². The molecule has 2 heterocycles. The molecule has 0 spiro atoms. The minimum Gasteiger partial charge on any atom is -0.325 e. The lowest BCUT2D eigenvalue weighted by atomic mass is 10.1. The fourth-order valence-corrected chi connectivity index (χ4v) is 2.89. The molecule has 0 aliphatic carbocycles. The Morgan fingerprint density at radius 3 is 2.52 bits per heavy atom. The Morgan fingerprint density at radius 2 is 1.78 bits per heavy atom. The molecular weight excluding hydrogens is 340 g/mol. The van der Waals surface area contributed by atoms with Gasteiger partial charge in [0.25, 0.3) is 5.56 Å². The Bertz CT molecular complexity index is 1160. The Hall–Kier alpha value is -3.67. The summed E-state index contributed by atoms with van der Waals surface area (Å²) in [7, 11) is 0. The third-order valence-electron chi connectivity index (χ3n) is 4.32. The van der Waals surface area contributed by atoms with Crippen molar-refractivity contribution in [3.63, 3.8) is 0 Å². The zero-order chi connectivity index (χ0) is 18.8. The number of aryl methyl sites for hydroxylation is 1. The van der Waals surface area contributed by atoms with Gasteiger partial charge in [-0.15, -0.1) is 0 Å². The van der Waals surface area contributed by atoms with Gasteiger partial charge in [-0.3, -0.25) is 9.59 Å². The minimum atomic E-state index is -0.258. The smallest absolute Gasteiger partial charge is 0.277 e. The number of hydrogen-bond donors (Lipinski definition) is 1. The molecule has 4 rings (SSSR count). The lowest BCUT2D eigenvalue weighted by molar-refractivity contribution is -0.116. The van der Waals surface area contributed by atoms with Crippen molar-refractivity contribution >= 4 is 17.1 Å². The van der Waals surface area contributed by atoms with Crippen LogP contribution in [0.5, 0.6) is 0 Å². The molecule has 6 heteroatoms. The third kappa shape index (κ3) is 3.50. The number of fused-ring (bicyclic) bond motifs is 1. The predicted octanol–water partition coefficient (Wildman–Crippen LogP) is 3.11. The van der Waals surface area contributed by atoms with Gasteiger partial charge in [0.15, 0.2) is 0 Å². The van der Waals surface area contributed by atoms with Gasteiger partial charge in [-0.25, -0.2) is 4.52 Å². The zero-order valence-electron chi connectivity index (χ0n) is 14.8. The Kier molecular flexibility index (Phi) is 4.30. The summed E-state index contributed by atoms with van der Waals surface area (Å²) >= 11 is 0. The molecule has 0 bridgehead atoms. The van der Waals surface area contributed by atoms with Gasteiger partial charge in [-0.1, -0.05) is 48.0 Å². The first-order valence-electron chi connectivity index (χ1n) is 8.61. The number of carbonyl (C=O) groups excluding carboxylic acids is 1. The van der Waals surface area contributed by atoms with Crippen LogP contribution < -0.4 is 10.9 Å². The normalized spacial score (nSPS) is 10.9. The molecule has 0 aliphatic heterocycles. The van der Waals surface area contributed by atoms with E-state index in [4.69, 9.17) is 0 Å². The van der Waals surface area contributed by atoms with Crippen molar-refractivity contribution < 1.29 is 4.79 Å². The van der Waals surface area contributed by atoms with Crippen molar-refractivity contribution in [2.45, 2.75) is 13.5 Å². The molecule has 1 N–H and O–H groups in total. The van der Waals surface area contributed by atoms with Crippen molar-refractivity contribution in [2.24, 2.45) is 0 Å². The first-order valence-corrected chi connectivity index (χ1v) is 8.61. The summed E-state index contributed by atoms with van der Waals surface area (Å²) in [6, 6.07) is 18.9. The molecule has 2 aromatic heterocycles. The first kappa shape index (κ1) is 16.8. The van der Waals surface area contributed by atoms with Gasteiger partial charge in [-0.05, 0) is 25.1 Å². The molecular formula is C21H18N4O2.